The topological polar surface area (TPSA) is 108 Å². The molecule has 1 saturated heterocycles. The molecule has 4 rings (SSSR count). The maximum Gasteiger partial charge on any atom is 0.407 e. The van der Waals surface area contributed by atoms with Crippen molar-refractivity contribution in [3.8, 4) is 11.1 Å². The number of rotatable bonds is 7. The molecule has 162 valence electrons. The maximum atomic E-state index is 12.4. The third-order valence-corrected chi connectivity index (χ3v) is 5.74. The molecule has 8 nitrogen and oxygen atoms in total. The van der Waals surface area contributed by atoms with Crippen molar-refractivity contribution in [2.24, 2.45) is 0 Å². The number of likely N-dealkylation sites (N-methyl/N-ethyl adjacent to an activating group) is 1. The van der Waals surface area contributed by atoms with E-state index >= 15 is 0 Å². The van der Waals surface area contributed by atoms with Crippen LogP contribution in [0.3, 0.4) is 0 Å². The average molecular weight is 423 g/mol. The highest BCUT2D eigenvalue weighted by Crippen LogP contribution is 2.44. The monoisotopic (exact) mass is 423 g/mol. The number of ether oxygens (including phenoxy) is 1. The minimum atomic E-state index is -1.20. The number of fused-ring (bicyclic) bond motifs is 3. The quantitative estimate of drug-likeness (QED) is 0.627. The fourth-order valence-corrected chi connectivity index (χ4v) is 4.26. The molecule has 1 unspecified atom stereocenters. The number of hydrogen-bond acceptors (Lipinski definition) is 5. The summed E-state index contributed by atoms with van der Waals surface area (Å²) in [7, 11) is 1.92. The number of nitrogens with one attached hydrogen (secondary N) is 2. The van der Waals surface area contributed by atoms with E-state index in [1.165, 1.54) is 0 Å². The van der Waals surface area contributed by atoms with Gasteiger partial charge < -0.3 is 25.4 Å². The van der Waals surface area contributed by atoms with Crippen LogP contribution in [0.1, 0.15) is 23.5 Å². The van der Waals surface area contributed by atoms with Crippen LogP contribution in [0.25, 0.3) is 11.1 Å². The van der Waals surface area contributed by atoms with Crippen molar-refractivity contribution in [3.05, 3.63) is 59.7 Å². The Bertz CT molecular complexity index is 957. The van der Waals surface area contributed by atoms with Gasteiger partial charge in [0, 0.05) is 19.0 Å². The molecule has 8 heteroatoms. The van der Waals surface area contributed by atoms with Crippen LogP contribution >= 0.6 is 0 Å². The van der Waals surface area contributed by atoms with Crippen LogP contribution in [0, 0.1) is 0 Å². The number of carbonyl (C=O) groups is 3. The summed E-state index contributed by atoms with van der Waals surface area (Å²) >= 11 is 0. The SMILES string of the molecule is CN1CC(NC(=O)C(CC(=O)O)NC(=O)OCC2c3ccccc3-c3ccccc32)C1. The highest BCUT2D eigenvalue weighted by molar-refractivity contribution is 5.89. The third kappa shape index (κ3) is 4.54. The van der Waals surface area contributed by atoms with Crippen LogP contribution in [0.15, 0.2) is 48.5 Å². The van der Waals surface area contributed by atoms with Gasteiger partial charge in [-0.15, -0.1) is 0 Å². The largest absolute Gasteiger partial charge is 0.481 e. The number of amides is 2. The van der Waals surface area contributed by atoms with E-state index < -0.39 is 30.4 Å². The van der Waals surface area contributed by atoms with Gasteiger partial charge in [0.2, 0.25) is 5.91 Å². The smallest absolute Gasteiger partial charge is 0.407 e. The van der Waals surface area contributed by atoms with Crippen molar-refractivity contribution in [2.75, 3.05) is 26.7 Å². The number of carbonyl (C=O) groups excluding carboxylic acids is 2. The maximum absolute atomic E-state index is 12.4. The van der Waals surface area contributed by atoms with E-state index in [4.69, 9.17) is 9.84 Å². The van der Waals surface area contributed by atoms with Crippen molar-refractivity contribution in [1.82, 2.24) is 15.5 Å². The summed E-state index contributed by atoms with van der Waals surface area (Å²) in [4.78, 5) is 38.1. The minimum Gasteiger partial charge on any atom is -0.481 e. The van der Waals surface area contributed by atoms with Crippen molar-refractivity contribution in [3.63, 3.8) is 0 Å². The highest BCUT2D eigenvalue weighted by Gasteiger charge is 2.32. The lowest BCUT2D eigenvalue weighted by Gasteiger charge is -2.37. The zero-order valence-corrected chi connectivity index (χ0v) is 17.2. The van der Waals surface area contributed by atoms with Gasteiger partial charge in [-0.05, 0) is 29.3 Å². The molecule has 1 heterocycles. The van der Waals surface area contributed by atoms with Gasteiger partial charge in [-0.3, -0.25) is 9.59 Å². The molecule has 1 fully saturated rings. The van der Waals surface area contributed by atoms with Crippen molar-refractivity contribution >= 4 is 18.0 Å². The first-order valence-electron chi connectivity index (χ1n) is 10.2. The van der Waals surface area contributed by atoms with Crippen LogP contribution in [0.5, 0.6) is 0 Å². The number of carboxylic acids is 1. The Morgan fingerprint density at radius 3 is 2.19 bits per heavy atom. The van der Waals surface area contributed by atoms with E-state index in [1.54, 1.807) is 0 Å². The summed E-state index contributed by atoms with van der Waals surface area (Å²) in [6.07, 6.45) is -1.33. The fourth-order valence-electron chi connectivity index (χ4n) is 4.26. The number of hydrogen-bond donors (Lipinski definition) is 3. The number of likely N-dealkylation sites (tertiary alicyclic amines) is 1. The molecule has 31 heavy (non-hydrogen) atoms. The van der Waals surface area contributed by atoms with Crippen LogP contribution in [0.2, 0.25) is 0 Å². The molecule has 2 amide bonds. The van der Waals surface area contributed by atoms with Crippen LogP contribution in [-0.2, 0) is 14.3 Å². The van der Waals surface area contributed by atoms with Crippen LogP contribution in [-0.4, -0.2) is 66.8 Å². The lowest BCUT2D eigenvalue weighted by atomic mass is 9.98. The minimum absolute atomic E-state index is 0.0434. The first-order valence-corrected chi connectivity index (χ1v) is 10.2. The molecule has 1 atom stereocenters. The highest BCUT2D eigenvalue weighted by atomic mass is 16.5. The summed E-state index contributed by atoms with van der Waals surface area (Å²) in [6.45, 7) is 1.47. The Labute approximate surface area is 180 Å². The van der Waals surface area contributed by atoms with E-state index in [2.05, 4.69) is 10.6 Å². The molecule has 1 aliphatic heterocycles. The molecule has 0 spiro atoms. The average Bonchev–Trinajstić information content (AvgIpc) is 3.04. The summed E-state index contributed by atoms with van der Waals surface area (Å²) in [6, 6.07) is 14.7. The van der Waals surface area contributed by atoms with Gasteiger partial charge in [-0.1, -0.05) is 48.5 Å². The Morgan fingerprint density at radius 2 is 1.65 bits per heavy atom. The predicted octanol–water partition coefficient (Wildman–Crippen LogP) is 1.80. The van der Waals surface area contributed by atoms with Crippen molar-refractivity contribution in [1.29, 1.82) is 0 Å². The van der Waals surface area contributed by atoms with Gasteiger partial charge in [0.05, 0.1) is 12.5 Å². The molecule has 2 aromatic carbocycles. The zero-order valence-electron chi connectivity index (χ0n) is 17.2. The Kier molecular flexibility index (Phi) is 5.90. The molecule has 2 aromatic rings. The predicted molar refractivity (Wildman–Crippen MR) is 114 cm³/mol. The van der Waals surface area contributed by atoms with Gasteiger partial charge >= 0.3 is 12.1 Å². The number of nitrogens with zero attached hydrogens (tertiary/aromatic N) is 1. The second-order valence-corrected chi connectivity index (χ2v) is 8.05. The van der Waals surface area contributed by atoms with Crippen molar-refractivity contribution in [2.45, 2.75) is 24.4 Å². The molecule has 0 saturated carbocycles. The molecular weight excluding hydrogens is 398 g/mol. The second-order valence-electron chi connectivity index (χ2n) is 8.05. The normalized spacial score (nSPS) is 16.5. The fraction of sp³-hybridized carbons (Fsp3) is 0.348. The number of benzene rings is 2. The van der Waals surface area contributed by atoms with Crippen LogP contribution < -0.4 is 10.6 Å². The van der Waals surface area contributed by atoms with Gasteiger partial charge in [0.15, 0.2) is 0 Å². The van der Waals surface area contributed by atoms with Gasteiger partial charge in [0.1, 0.15) is 12.6 Å². The first kappa shape index (κ1) is 20.9. The molecular formula is C23H25N3O5. The second kappa shape index (κ2) is 8.77. The molecule has 1 aliphatic carbocycles. The molecule has 0 bridgehead atoms. The number of aliphatic carboxylic acids is 1. The molecule has 3 N–H and O–H groups in total. The lowest BCUT2D eigenvalue weighted by molar-refractivity contribution is -0.140. The molecule has 0 aromatic heterocycles. The van der Waals surface area contributed by atoms with E-state index in [1.807, 2.05) is 60.5 Å². The Hall–Kier alpha value is -3.39. The third-order valence-electron chi connectivity index (χ3n) is 5.74. The molecule has 0 radical (unpaired) electrons. The van der Waals surface area contributed by atoms with E-state index in [-0.39, 0.29) is 18.6 Å². The van der Waals surface area contributed by atoms with E-state index in [0.717, 1.165) is 22.3 Å². The van der Waals surface area contributed by atoms with E-state index in [9.17, 15) is 14.4 Å². The summed E-state index contributed by atoms with van der Waals surface area (Å²) in [5, 5.41) is 14.3. The Morgan fingerprint density at radius 1 is 1.06 bits per heavy atom. The lowest BCUT2D eigenvalue weighted by Crippen LogP contribution is -2.61. The van der Waals surface area contributed by atoms with Gasteiger partial charge in [0.25, 0.3) is 0 Å². The summed E-state index contributed by atoms with van der Waals surface area (Å²) in [5.41, 5.74) is 4.37. The first-order chi connectivity index (χ1) is 14.9. The zero-order chi connectivity index (χ0) is 22.0. The van der Waals surface area contributed by atoms with Gasteiger partial charge in [-0.2, -0.15) is 0 Å². The number of alkyl carbamates (subject to hydrolysis) is 1. The Balaban J connectivity index is 1.39. The standard InChI is InChI=1S/C23H25N3O5/c1-26-11-14(12-26)24-22(29)20(10-21(27)28)25-23(30)31-13-19-17-8-4-2-6-15(17)16-7-3-5-9-18(16)19/h2-9,14,19-20H,10-13H2,1H3,(H,24,29)(H,25,30)(H,27,28). The summed E-state index contributed by atoms with van der Waals surface area (Å²) in [5.74, 6) is -1.81. The van der Waals surface area contributed by atoms with Crippen LogP contribution in [0.4, 0.5) is 4.79 Å². The molecule has 2 aliphatic rings. The van der Waals surface area contributed by atoms with Gasteiger partial charge in [-0.25, -0.2) is 4.79 Å². The summed E-state index contributed by atoms with van der Waals surface area (Å²) < 4.78 is 5.43. The number of carboxylic acid groups (broad SMARTS) is 1. The van der Waals surface area contributed by atoms with E-state index in [0.29, 0.717) is 13.1 Å². The van der Waals surface area contributed by atoms with Crippen molar-refractivity contribution < 1.29 is 24.2 Å².